The summed E-state index contributed by atoms with van der Waals surface area (Å²) in [5.74, 6) is -1.47. The van der Waals surface area contributed by atoms with Gasteiger partial charge in [-0.1, -0.05) is 18.7 Å². The number of hydrogen-bond donors (Lipinski definition) is 2. The molecule has 0 aliphatic heterocycles. The Morgan fingerprint density at radius 2 is 2.29 bits per heavy atom. The highest BCUT2D eigenvalue weighted by molar-refractivity contribution is 5.88. The Labute approximate surface area is 82.9 Å². The Hall–Kier alpha value is -1.58. The molecule has 0 bridgehead atoms. The van der Waals surface area contributed by atoms with Gasteiger partial charge in [0.1, 0.15) is 0 Å². The van der Waals surface area contributed by atoms with E-state index in [4.69, 9.17) is 5.73 Å². The normalized spacial score (nSPS) is 25.4. The zero-order valence-electron chi connectivity index (χ0n) is 7.90. The molecule has 14 heavy (non-hydrogen) atoms. The van der Waals surface area contributed by atoms with E-state index in [1.807, 2.05) is 6.08 Å². The van der Waals surface area contributed by atoms with Crippen LogP contribution in [0.2, 0.25) is 0 Å². The van der Waals surface area contributed by atoms with Crippen LogP contribution < -0.4 is 11.1 Å². The number of nitrogens with two attached hydrogens (primary N) is 1. The molecule has 2 amide bonds. The summed E-state index contributed by atoms with van der Waals surface area (Å²) in [5.41, 5.74) is 5.21. The first kappa shape index (κ1) is 10.5. The fourth-order valence-corrected chi connectivity index (χ4v) is 1.62. The first-order chi connectivity index (χ1) is 6.66. The van der Waals surface area contributed by atoms with Crippen LogP contribution >= 0.6 is 0 Å². The van der Waals surface area contributed by atoms with E-state index < -0.39 is 11.8 Å². The molecule has 4 heteroatoms. The minimum Gasteiger partial charge on any atom is -0.369 e. The van der Waals surface area contributed by atoms with Gasteiger partial charge in [-0.15, -0.1) is 0 Å². The maximum Gasteiger partial charge on any atom is 0.231 e. The maximum absolute atomic E-state index is 11.5. The van der Waals surface area contributed by atoms with Crippen molar-refractivity contribution in [3.63, 3.8) is 0 Å². The Balaban J connectivity index is 2.76. The molecule has 0 spiro atoms. The average molecular weight is 194 g/mol. The zero-order chi connectivity index (χ0) is 10.6. The summed E-state index contributed by atoms with van der Waals surface area (Å²) < 4.78 is 0. The lowest BCUT2D eigenvalue weighted by Crippen LogP contribution is -2.38. The number of rotatable bonds is 3. The molecule has 0 radical (unpaired) electrons. The number of amides is 2. The Morgan fingerprint density at radius 3 is 2.86 bits per heavy atom. The van der Waals surface area contributed by atoms with Gasteiger partial charge in [0.2, 0.25) is 11.8 Å². The topological polar surface area (TPSA) is 72.2 Å². The Kier molecular flexibility index (Phi) is 3.45. The van der Waals surface area contributed by atoms with E-state index in [0.717, 1.165) is 6.42 Å². The third-order valence-corrected chi connectivity index (χ3v) is 2.33. The lowest BCUT2D eigenvalue weighted by Gasteiger charge is -2.23. The number of carbonyl (C=O) groups excluding carboxylic acids is 2. The van der Waals surface area contributed by atoms with Crippen LogP contribution in [0.15, 0.2) is 24.9 Å². The van der Waals surface area contributed by atoms with Crippen molar-refractivity contribution >= 4 is 11.8 Å². The van der Waals surface area contributed by atoms with E-state index >= 15 is 0 Å². The second-order valence-corrected chi connectivity index (χ2v) is 3.25. The molecule has 1 aliphatic carbocycles. The molecule has 0 aromatic heterocycles. The molecule has 0 fully saturated rings. The summed E-state index contributed by atoms with van der Waals surface area (Å²) in [6.07, 6.45) is 6.37. The fourth-order valence-electron chi connectivity index (χ4n) is 1.62. The van der Waals surface area contributed by atoms with Crippen LogP contribution in [0.3, 0.4) is 0 Å². The molecule has 2 atom stereocenters. The largest absolute Gasteiger partial charge is 0.369 e. The molecular weight excluding hydrogens is 180 g/mol. The molecule has 3 N–H and O–H groups in total. The van der Waals surface area contributed by atoms with Gasteiger partial charge in [0, 0.05) is 0 Å². The highest BCUT2D eigenvalue weighted by Crippen LogP contribution is 2.24. The van der Waals surface area contributed by atoms with E-state index in [9.17, 15) is 9.59 Å². The molecule has 1 rings (SSSR count). The quantitative estimate of drug-likeness (QED) is 0.635. The smallest absolute Gasteiger partial charge is 0.231 e. The second-order valence-electron chi connectivity index (χ2n) is 3.25. The van der Waals surface area contributed by atoms with Gasteiger partial charge < -0.3 is 11.1 Å². The van der Waals surface area contributed by atoms with E-state index in [-0.39, 0.29) is 11.8 Å². The van der Waals surface area contributed by atoms with Crippen LogP contribution in [0.4, 0.5) is 0 Å². The minimum absolute atomic E-state index is 0.222. The van der Waals surface area contributed by atoms with Crippen molar-refractivity contribution < 1.29 is 9.59 Å². The van der Waals surface area contributed by atoms with E-state index in [1.165, 1.54) is 6.20 Å². The lowest BCUT2D eigenvalue weighted by atomic mass is 9.83. The molecule has 76 valence electrons. The van der Waals surface area contributed by atoms with Crippen molar-refractivity contribution in [3.05, 3.63) is 24.9 Å². The van der Waals surface area contributed by atoms with Crippen LogP contribution in [0, 0.1) is 11.8 Å². The highest BCUT2D eigenvalue weighted by Gasteiger charge is 2.31. The molecule has 2 unspecified atom stereocenters. The third kappa shape index (κ3) is 2.22. The highest BCUT2D eigenvalue weighted by atomic mass is 16.2. The number of nitrogens with one attached hydrogen (secondary N) is 1. The van der Waals surface area contributed by atoms with Crippen molar-refractivity contribution in [3.8, 4) is 0 Å². The Bertz CT molecular complexity index is 284. The van der Waals surface area contributed by atoms with Crippen molar-refractivity contribution in [1.29, 1.82) is 0 Å². The predicted molar refractivity (Wildman–Crippen MR) is 52.9 cm³/mol. The van der Waals surface area contributed by atoms with Gasteiger partial charge in [-0.2, -0.15) is 0 Å². The van der Waals surface area contributed by atoms with Crippen LogP contribution in [-0.2, 0) is 9.59 Å². The van der Waals surface area contributed by atoms with Crippen LogP contribution in [0.25, 0.3) is 0 Å². The van der Waals surface area contributed by atoms with E-state index in [0.29, 0.717) is 6.42 Å². The summed E-state index contributed by atoms with van der Waals surface area (Å²) >= 11 is 0. The SMILES string of the molecule is C=CNC(=O)C1C=CCCC1C(N)=O. The fraction of sp³-hybridized carbons (Fsp3) is 0.400. The van der Waals surface area contributed by atoms with Gasteiger partial charge in [0.25, 0.3) is 0 Å². The Morgan fingerprint density at radius 1 is 1.57 bits per heavy atom. The van der Waals surface area contributed by atoms with Crippen LogP contribution in [-0.4, -0.2) is 11.8 Å². The molecule has 0 heterocycles. The zero-order valence-corrected chi connectivity index (χ0v) is 7.90. The first-order valence-electron chi connectivity index (χ1n) is 4.54. The second kappa shape index (κ2) is 4.60. The summed E-state index contributed by atoms with van der Waals surface area (Å²) in [5, 5.41) is 2.47. The van der Waals surface area contributed by atoms with Crippen molar-refractivity contribution in [2.75, 3.05) is 0 Å². The van der Waals surface area contributed by atoms with Gasteiger partial charge >= 0.3 is 0 Å². The molecule has 0 saturated heterocycles. The van der Waals surface area contributed by atoms with Gasteiger partial charge in [-0.05, 0) is 19.0 Å². The monoisotopic (exact) mass is 194 g/mol. The maximum atomic E-state index is 11.5. The average Bonchev–Trinajstić information content (AvgIpc) is 2.18. The summed E-state index contributed by atoms with van der Waals surface area (Å²) in [4.78, 5) is 22.5. The molecule has 0 saturated carbocycles. The molecule has 4 nitrogen and oxygen atoms in total. The predicted octanol–water partition coefficient (Wildman–Crippen LogP) is 0.314. The van der Waals surface area contributed by atoms with Crippen molar-refractivity contribution in [1.82, 2.24) is 5.32 Å². The molecular formula is C10H14N2O2. The number of carbonyl (C=O) groups is 2. The summed E-state index contributed by atoms with van der Waals surface area (Å²) in [7, 11) is 0. The van der Waals surface area contributed by atoms with Gasteiger partial charge in [0.15, 0.2) is 0 Å². The number of primary amides is 1. The number of allylic oxidation sites excluding steroid dienone is 1. The molecule has 0 aromatic rings. The minimum atomic E-state index is -0.445. The standard InChI is InChI=1S/C10H14N2O2/c1-2-12-10(14)8-6-4-3-5-7(8)9(11)13/h2,4,6-8H,1,3,5H2,(H2,11,13)(H,12,14). The summed E-state index contributed by atoms with van der Waals surface area (Å²) in [6.45, 7) is 3.39. The summed E-state index contributed by atoms with van der Waals surface area (Å²) in [6, 6.07) is 0. The van der Waals surface area contributed by atoms with E-state index in [2.05, 4.69) is 11.9 Å². The van der Waals surface area contributed by atoms with Crippen molar-refractivity contribution in [2.24, 2.45) is 17.6 Å². The van der Waals surface area contributed by atoms with Crippen LogP contribution in [0.5, 0.6) is 0 Å². The molecule has 0 aromatic carbocycles. The molecule has 1 aliphatic rings. The van der Waals surface area contributed by atoms with Gasteiger partial charge in [0.05, 0.1) is 11.8 Å². The van der Waals surface area contributed by atoms with Crippen LogP contribution in [0.1, 0.15) is 12.8 Å². The number of hydrogen-bond acceptors (Lipinski definition) is 2. The lowest BCUT2D eigenvalue weighted by molar-refractivity contribution is -0.131. The van der Waals surface area contributed by atoms with E-state index in [1.54, 1.807) is 6.08 Å². The van der Waals surface area contributed by atoms with Crippen molar-refractivity contribution in [2.45, 2.75) is 12.8 Å². The van der Waals surface area contributed by atoms with Gasteiger partial charge in [-0.25, -0.2) is 0 Å². The third-order valence-electron chi connectivity index (χ3n) is 2.33. The first-order valence-corrected chi connectivity index (χ1v) is 4.54. The van der Waals surface area contributed by atoms with Gasteiger partial charge in [-0.3, -0.25) is 9.59 Å².